The third kappa shape index (κ3) is 6.01. The fourth-order valence-electron chi connectivity index (χ4n) is 4.48. The average molecular weight is 470 g/mol. The van der Waals surface area contributed by atoms with Crippen LogP contribution in [0.15, 0.2) is 54.6 Å². The molecule has 2 aromatic carbocycles. The summed E-state index contributed by atoms with van der Waals surface area (Å²) in [5.41, 5.74) is 1.50. The Morgan fingerprint density at radius 3 is 2.27 bits per heavy atom. The summed E-state index contributed by atoms with van der Waals surface area (Å²) < 4.78 is 14.1. The first-order chi connectivity index (χ1) is 16.0. The molecule has 0 spiro atoms. The molecule has 0 N–H and O–H groups in total. The number of piperidine rings is 1. The van der Waals surface area contributed by atoms with Crippen molar-refractivity contribution in [2.75, 3.05) is 39.3 Å². The Kier molecular flexibility index (Phi) is 7.78. The number of likely N-dealkylation sites (tertiary alicyclic amines) is 1. The Bertz CT molecular complexity index is 978. The van der Waals surface area contributed by atoms with E-state index < -0.39 is 0 Å². The van der Waals surface area contributed by atoms with Crippen molar-refractivity contribution in [1.29, 1.82) is 0 Å². The van der Waals surface area contributed by atoms with Gasteiger partial charge >= 0.3 is 0 Å². The Morgan fingerprint density at radius 1 is 0.909 bits per heavy atom. The minimum Gasteiger partial charge on any atom is -0.340 e. The van der Waals surface area contributed by atoms with Gasteiger partial charge in [0.1, 0.15) is 5.82 Å². The van der Waals surface area contributed by atoms with E-state index in [4.69, 9.17) is 11.6 Å². The van der Waals surface area contributed by atoms with E-state index in [-0.39, 0.29) is 23.5 Å². The number of benzene rings is 2. The second-order valence-electron chi connectivity index (χ2n) is 8.65. The van der Waals surface area contributed by atoms with Crippen LogP contribution in [-0.4, -0.2) is 65.8 Å². The molecule has 2 aliphatic heterocycles. The highest BCUT2D eigenvalue weighted by atomic mass is 35.5. The second-order valence-corrected chi connectivity index (χ2v) is 9.05. The quantitative estimate of drug-likeness (QED) is 0.620. The maximum atomic E-state index is 14.1. The Morgan fingerprint density at radius 2 is 1.61 bits per heavy atom. The monoisotopic (exact) mass is 469 g/mol. The number of carbonyl (C=O) groups excluding carboxylic acids is 2. The zero-order valence-corrected chi connectivity index (χ0v) is 19.4. The molecule has 174 valence electrons. The first-order valence-corrected chi connectivity index (χ1v) is 11.8. The minimum atomic E-state index is -0.291. The lowest BCUT2D eigenvalue weighted by molar-refractivity contribution is -0.141. The van der Waals surface area contributed by atoms with Crippen molar-refractivity contribution in [3.63, 3.8) is 0 Å². The minimum absolute atomic E-state index is 0.00910. The molecule has 0 aromatic heterocycles. The second kappa shape index (κ2) is 10.9. The summed E-state index contributed by atoms with van der Waals surface area (Å²) in [4.78, 5) is 31.4. The number of hydrogen-bond acceptors (Lipinski definition) is 3. The van der Waals surface area contributed by atoms with Crippen molar-refractivity contribution in [2.45, 2.75) is 19.4 Å². The molecule has 4 rings (SSSR count). The molecule has 0 atom stereocenters. The van der Waals surface area contributed by atoms with Crippen molar-refractivity contribution in [1.82, 2.24) is 14.7 Å². The predicted octanol–water partition coefficient (Wildman–Crippen LogP) is 4.08. The summed E-state index contributed by atoms with van der Waals surface area (Å²) in [6.07, 6.45) is 4.82. The van der Waals surface area contributed by atoms with Crippen LogP contribution in [0.25, 0.3) is 6.08 Å². The van der Waals surface area contributed by atoms with Gasteiger partial charge in [-0.2, -0.15) is 0 Å². The molecule has 2 amide bonds. The van der Waals surface area contributed by atoms with Crippen LogP contribution in [0.3, 0.4) is 0 Å². The first-order valence-electron chi connectivity index (χ1n) is 11.5. The fraction of sp³-hybridized carbons (Fsp3) is 0.385. The zero-order chi connectivity index (χ0) is 23.2. The lowest BCUT2D eigenvalue weighted by Gasteiger charge is -2.38. The Labute approximate surface area is 199 Å². The maximum absolute atomic E-state index is 14.1. The van der Waals surface area contributed by atoms with E-state index in [9.17, 15) is 14.0 Å². The largest absolute Gasteiger partial charge is 0.340 e. The van der Waals surface area contributed by atoms with Crippen LogP contribution in [0.5, 0.6) is 0 Å². The van der Waals surface area contributed by atoms with Crippen molar-refractivity contribution < 1.29 is 14.0 Å². The third-order valence-electron chi connectivity index (χ3n) is 6.50. The van der Waals surface area contributed by atoms with Gasteiger partial charge in [0.05, 0.1) is 0 Å². The molecule has 0 saturated carbocycles. The molecule has 7 heteroatoms. The van der Waals surface area contributed by atoms with Crippen molar-refractivity contribution >= 4 is 29.5 Å². The van der Waals surface area contributed by atoms with E-state index in [1.165, 1.54) is 6.07 Å². The van der Waals surface area contributed by atoms with Crippen LogP contribution in [-0.2, 0) is 16.1 Å². The summed E-state index contributed by atoms with van der Waals surface area (Å²) in [6, 6.07) is 14.5. The van der Waals surface area contributed by atoms with E-state index >= 15 is 0 Å². The van der Waals surface area contributed by atoms with E-state index in [0.29, 0.717) is 69.2 Å². The van der Waals surface area contributed by atoms with Crippen LogP contribution < -0.4 is 0 Å². The lowest BCUT2D eigenvalue weighted by Crippen LogP contribution is -2.51. The molecule has 2 aromatic rings. The number of amides is 2. The molecule has 2 saturated heterocycles. The highest BCUT2D eigenvalue weighted by molar-refractivity contribution is 6.31. The predicted molar refractivity (Wildman–Crippen MR) is 128 cm³/mol. The molecule has 2 heterocycles. The summed E-state index contributed by atoms with van der Waals surface area (Å²) in [5, 5.41) is 0.438. The molecule has 2 aliphatic rings. The van der Waals surface area contributed by atoms with Crippen LogP contribution in [0, 0.1) is 11.7 Å². The number of nitrogens with zero attached hydrogens (tertiary/aromatic N) is 3. The number of carbonyl (C=O) groups is 2. The topological polar surface area (TPSA) is 43.9 Å². The molecule has 0 unspecified atom stereocenters. The summed E-state index contributed by atoms with van der Waals surface area (Å²) in [5.74, 6) is -0.170. The van der Waals surface area contributed by atoms with E-state index in [0.717, 1.165) is 5.56 Å². The van der Waals surface area contributed by atoms with Gasteiger partial charge in [0.15, 0.2) is 0 Å². The summed E-state index contributed by atoms with van der Waals surface area (Å²) in [6.45, 7) is 4.29. The third-order valence-corrected chi connectivity index (χ3v) is 6.86. The van der Waals surface area contributed by atoms with Crippen molar-refractivity contribution in [2.24, 2.45) is 5.92 Å². The Hall–Kier alpha value is -2.70. The number of rotatable bonds is 5. The van der Waals surface area contributed by atoms with Gasteiger partial charge in [0, 0.05) is 68.4 Å². The summed E-state index contributed by atoms with van der Waals surface area (Å²) in [7, 11) is 0. The van der Waals surface area contributed by atoms with Gasteiger partial charge in [0.25, 0.3) is 0 Å². The highest BCUT2D eigenvalue weighted by Crippen LogP contribution is 2.23. The van der Waals surface area contributed by atoms with Gasteiger partial charge in [-0.25, -0.2) is 4.39 Å². The fourth-order valence-corrected chi connectivity index (χ4v) is 4.70. The van der Waals surface area contributed by atoms with Crippen LogP contribution in [0.1, 0.15) is 24.0 Å². The standard InChI is InChI=1S/C26H29ClFN3O2/c27-23-7-4-8-24(28)22(23)19-29-15-17-31(18-16-29)26(33)21-11-13-30(14-12-21)25(32)10-9-20-5-2-1-3-6-20/h1-10,21H,11-19H2/b10-9+. The molecular formula is C26H29ClFN3O2. The molecule has 33 heavy (non-hydrogen) atoms. The normalized spacial score (nSPS) is 18.1. The number of halogens is 2. The van der Waals surface area contributed by atoms with E-state index in [1.54, 1.807) is 18.2 Å². The molecule has 5 nitrogen and oxygen atoms in total. The van der Waals surface area contributed by atoms with Gasteiger partial charge < -0.3 is 9.80 Å². The highest BCUT2D eigenvalue weighted by Gasteiger charge is 2.31. The van der Waals surface area contributed by atoms with Gasteiger partial charge in [-0.3, -0.25) is 14.5 Å². The molecule has 0 radical (unpaired) electrons. The number of hydrogen-bond donors (Lipinski definition) is 0. The summed E-state index contributed by atoms with van der Waals surface area (Å²) >= 11 is 6.15. The van der Waals surface area contributed by atoms with Crippen LogP contribution >= 0.6 is 11.6 Å². The zero-order valence-electron chi connectivity index (χ0n) is 18.6. The first kappa shape index (κ1) is 23.5. The van der Waals surface area contributed by atoms with Crippen LogP contribution in [0.2, 0.25) is 5.02 Å². The van der Waals surface area contributed by atoms with Crippen molar-refractivity contribution in [3.8, 4) is 0 Å². The molecule has 2 fully saturated rings. The Balaban J connectivity index is 1.22. The maximum Gasteiger partial charge on any atom is 0.246 e. The van der Waals surface area contributed by atoms with E-state index in [2.05, 4.69) is 4.90 Å². The van der Waals surface area contributed by atoms with Gasteiger partial charge in [-0.05, 0) is 36.6 Å². The number of piperazine rings is 1. The van der Waals surface area contributed by atoms with Gasteiger partial charge in [-0.1, -0.05) is 48.0 Å². The lowest BCUT2D eigenvalue weighted by atomic mass is 9.95. The van der Waals surface area contributed by atoms with Gasteiger partial charge in [-0.15, -0.1) is 0 Å². The molecule has 0 bridgehead atoms. The smallest absolute Gasteiger partial charge is 0.246 e. The van der Waals surface area contributed by atoms with Crippen LogP contribution in [0.4, 0.5) is 4.39 Å². The molecular weight excluding hydrogens is 441 g/mol. The van der Waals surface area contributed by atoms with E-state index in [1.807, 2.05) is 46.2 Å². The van der Waals surface area contributed by atoms with Gasteiger partial charge in [0.2, 0.25) is 11.8 Å². The SMILES string of the molecule is O=C(/C=C/c1ccccc1)N1CCC(C(=O)N2CCN(Cc3c(F)cccc3Cl)CC2)CC1. The molecule has 0 aliphatic carbocycles. The average Bonchev–Trinajstić information content (AvgIpc) is 2.85. The van der Waals surface area contributed by atoms with Crippen molar-refractivity contribution in [3.05, 3.63) is 76.6 Å².